The Morgan fingerprint density at radius 1 is 1.32 bits per heavy atom. The number of pyridine rings is 1. The third kappa shape index (κ3) is 6.26. The lowest BCUT2D eigenvalue weighted by Gasteiger charge is -2.07. The van der Waals surface area contributed by atoms with Gasteiger partial charge in [-0.25, -0.2) is 18.1 Å². The van der Waals surface area contributed by atoms with Crippen LogP contribution in [0.5, 0.6) is 0 Å². The van der Waals surface area contributed by atoms with E-state index in [1.807, 2.05) is 11.8 Å². The lowest BCUT2D eigenvalue weighted by Crippen LogP contribution is -2.25. The summed E-state index contributed by atoms with van der Waals surface area (Å²) in [5, 5.41) is 0. The molecule has 0 unspecified atom stereocenters. The predicted octanol–water partition coefficient (Wildman–Crippen LogP) is 1.87. The second kappa shape index (κ2) is 8.39. The second-order valence-corrected chi connectivity index (χ2v) is 6.97. The number of sulfonamides is 1. The van der Waals surface area contributed by atoms with Crippen molar-refractivity contribution in [2.24, 2.45) is 0 Å². The predicted molar refractivity (Wildman–Crippen MR) is 80.7 cm³/mol. The molecule has 1 aromatic heterocycles. The number of nitrogens with zero attached hydrogens (tertiary/aromatic N) is 1. The van der Waals surface area contributed by atoms with Crippen LogP contribution in [0.4, 0.5) is 5.82 Å². The first-order chi connectivity index (χ1) is 9.06. The Morgan fingerprint density at radius 3 is 2.74 bits per heavy atom. The first-order valence-electron chi connectivity index (χ1n) is 6.26. The van der Waals surface area contributed by atoms with Crippen LogP contribution in [-0.4, -0.2) is 32.0 Å². The minimum Gasteiger partial charge on any atom is -0.384 e. The number of anilines is 1. The molecule has 1 heterocycles. The van der Waals surface area contributed by atoms with Crippen molar-refractivity contribution < 1.29 is 8.42 Å². The molecule has 0 radical (unpaired) electrons. The Kier molecular flexibility index (Phi) is 7.19. The fraction of sp³-hybridized carbons (Fsp3) is 0.583. The third-order valence-corrected chi connectivity index (χ3v) is 4.79. The van der Waals surface area contributed by atoms with Crippen LogP contribution in [0.25, 0.3) is 0 Å². The number of rotatable bonds is 9. The van der Waals surface area contributed by atoms with Crippen LogP contribution in [0.1, 0.15) is 25.7 Å². The number of nitrogens with one attached hydrogen (secondary N) is 1. The van der Waals surface area contributed by atoms with E-state index in [1.54, 1.807) is 0 Å². The highest BCUT2D eigenvalue weighted by Gasteiger charge is 2.13. The zero-order valence-electron chi connectivity index (χ0n) is 11.1. The minimum absolute atomic E-state index is 0.169. The van der Waals surface area contributed by atoms with E-state index in [9.17, 15) is 8.42 Å². The molecule has 1 aromatic rings. The van der Waals surface area contributed by atoms with E-state index in [4.69, 9.17) is 5.73 Å². The Hall–Kier alpha value is -0.790. The smallest absolute Gasteiger partial charge is 0.240 e. The average Bonchev–Trinajstić information content (AvgIpc) is 2.38. The molecule has 7 heteroatoms. The highest BCUT2D eigenvalue weighted by molar-refractivity contribution is 7.98. The molecule has 108 valence electrons. The Morgan fingerprint density at radius 2 is 2.05 bits per heavy atom. The summed E-state index contributed by atoms with van der Waals surface area (Å²) < 4.78 is 26.4. The maximum atomic E-state index is 11.9. The molecule has 0 saturated heterocycles. The van der Waals surface area contributed by atoms with Gasteiger partial charge < -0.3 is 5.73 Å². The standard InChI is InChI=1S/C12H21N3O2S2/c1-18-9-5-3-2-4-7-15-19(16,17)11-6-8-14-12(13)10-11/h6,8,10,15H,2-5,7,9H2,1H3,(H2,13,14). The van der Waals surface area contributed by atoms with Gasteiger partial charge in [0.1, 0.15) is 5.82 Å². The van der Waals surface area contributed by atoms with Gasteiger partial charge in [0.15, 0.2) is 0 Å². The van der Waals surface area contributed by atoms with Crippen molar-refractivity contribution in [3.05, 3.63) is 18.3 Å². The van der Waals surface area contributed by atoms with Crippen LogP contribution in [0.15, 0.2) is 23.2 Å². The van der Waals surface area contributed by atoms with E-state index < -0.39 is 10.0 Å². The molecule has 0 aliphatic heterocycles. The van der Waals surface area contributed by atoms with E-state index in [0.717, 1.165) is 19.3 Å². The molecule has 0 spiro atoms. The molecule has 0 atom stereocenters. The molecule has 0 fully saturated rings. The quantitative estimate of drug-likeness (QED) is 0.680. The van der Waals surface area contributed by atoms with E-state index >= 15 is 0 Å². The molecule has 0 bridgehead atoms. The van der Waals surface area contributed by atoms with Crippen LogP contribution in [0, 0.1) is 0 Å². The van der Waals surface area contributed by atoms with Crippen LogP contribution in [0.3, 0.4) is 0 Å². The Bertz CT molecular complexity index is 478. The van der Waals surface area contributed by atoms with E-state index in [0.29, 0.717) is 6.54 Å². The highest BCUT2D eigenvalue weighted by atomic mass is 32.2. The Balaban J connectivity index is 2.32. The van der Waals surface area contributed by atoms with Crippen molar-refractivity contribution in [1.29, 1.82) is 0 Å². The van der Waals surface area contributed by atoms with E-state index in [2.05, 4.69) is 16.0 Å². The highest BCUT2D eigenvalue weighted by Crippen LogP contribution is 2.10. The number of nitrogens with two attached hydrogens (primary N) is 1. The summed E-state index contributed by atoms with van der Waals surface area (Å²) >= 11 is 1.84. The maximum absolute atomic E-state index is 11.9. The summed E-state index contributed by atoms with van der Waals surface area (Å²) in [4.78, 5) is 3.94. The van der Waals surface area contributed by atoms with Gasteiger partial charge >= 0.3 is 0 Å². The first kappa shape index (κ1) is 16.3. The minimum atomic E-state index is -3.45. The van der Waals surface area contributed by atoms with Crippen molar-refractivity contribution in [1.82, 2.24) is 9.71 Å². The topological polar surface area (TPSA) is 85.1 Å². The van der Waals surface area contributed by atoms with Crippen LogP contribution in [-0.2, 0) is 10.0 Å². The summed E-state index contributed by atoms with van der Waals surface area (Å²) in [6.07, 6.45) is 7.72. The van der Waals surface area contributed by atoms with Gasteiger partial charge in [-0.3, -0.25) is 0 Å². The molecule has 0 amide bonds. The molecule has 1 rings (SSSR count). The SMILES string of the molecule is CSCCCCCCNS(=O)(=O)c1ccnc(N)c1. The van der Waals surface area contributed by atoms with Gasteiger partial charge in [-0.2, -0.15) is 11.8 Å². The van der Waals surface area contributed by atoms with Gasteiger partial charge in [-0.15, -0.1) is 0 Å². The van der Waals surface area contributed by atoms with Crippen molar-refractivity contribution in [2.45, 2.75) is 30.6 Å². The average molecular weight is 303 g/mol. The third-order valence-electron chi connectivity index (χ3n) is 2.63. The summed E-state index contributed by atoms with van der Waals surface area (Å²) in [5.41, 5.74) is 5.47. The molecular formula is C12H21N3O2S2. The zero-order chi connectivity index (χ0) is 14.1. The molecular weight excluding hydrogens is 282 g/mol. The molecule has 0 aromatic carbocycles. The summed E-state index contributed by atoms with van der Waals surface area (Å²) in [7, 11) is -3.45. The maximum Gasteiger partial charge on any atom is 0.240 e. The van der Waals surface area contributed by atoms with E-state index in [-0.39, 0.29) is 10.7 Å². The normalized spacial score (nSPS) is 11.6. The summed E-state index contributed by atoms with van der Waals surface area (Å²) in [5.74, 6) is 1.38. The number of nitrogen functional groups attached to an aromatic ring is 1. The zero-order valence-corrected chi connectivity index (χ0v) is 12.8. The van der Waals surface area contributed by atoms with Crippen molar-refractivity contribution >= 4 is 27.6 Å². The van der Waals surface area contributed by atoms with Gasteiger partial charge in [0.05, 0.1) is 4.90 Å². The number of aromatic nitrogens is 1. The van der Waals surface area contributed by atoms with Gasteiger partial charge in [-0.05, 0) is 30.9 Å². The van der Waals surface area contributed by atoms with Gasteiger partial charge in [0.2, 0.25) is 10.0 Å². The fourth-order valence-corrected chi connectivity index (χ4v) is 3.20. The Labute approximate surface area is 119 Å². The molecule has 5 nitrogen and oxygen atoms in total. The fourth-order valence-electron chi connectivity index (χ4n) is 1.61. The monoisotopic (exact) mass is 303 g/mol. The lowest BCUT2D eigenvalue weighted by molar-refractivity contribution is 0.574. The molecule has 0 aliphatic rings. The molecule has 0 saturated carbocycles. The molecule has 3 N–H and O–H groups in total. The van der Waals surface area contributed by atoms with Crippen molar-refractivity contribution in [3.8, 4) is 0 Å². The van der Waals surface area contributed by atoms with Gasteiger partial charge in [0.25, 0.3) is 0 Å². The number of hydrogen-bond acceptors (Lipinski definition) is 5. The van der Waals surface area contributed by atoms with Crippen LogP contribution >= 0.6 is 11.8 Å². The summed E-state index contributed by atoms with van der Waals surface area (Å²) in [6.45, 7) is 0.462. The van der Waals surface area contributed by atoms with Crippen LogP contribution < -0.4 is 10.5 Å². The van der Waals surface area contributed by atoms with Crippen molar-refractivity contribution in [3.63, 3.8) is 0 Å². The largest absolute Gasteiger partial charge is 0.384 e. The lowest BCUT2D eigenvalue weighted by atomic mass is 10.2. The molecule has 19 heavy (non-hydrogen) atoms. The van der Waals surface area contributed by atoms with Crippen LogP contribution in [0.2, 0.25) is 0 Å². The number of unbranched alkanes of at least 4 members (excludes halogenated alkanes) is 3. The molecule has 0 aliphatic carbocycles. The van der Waals surface area contributed by atoms with E-state index in [1.165, 1.54) is 30.5 Å². The first-order valence-corrected chi connectivity index (χ1v) is 9.14. The number of hydrogen-bond donors (Lipinski definition) is 2. The van der Waals surface area contributed by atoms with Crippen molar-refractivity contribution in [2.75, 3.05) is 24.3 Å². The van der Waals surface area contributed by atoms with Gasteiger partial charge in [-0.1, -0.05) is 12.8 Å². The number of thioether (sulfide) groups is 1. The second-order valence-electron chi connectivity index (χ2n) is 4.22. The summed E-state index contributed by atoms with van der Waals surface area (Å²) in [6, 6.07) is 2.80. The van der Waals surface area contributed by atoms with Gasteiger partial charge in [0, 0.05) is 18.8 Å².